The van der Waals surface area contributed by atoms with E-state index in [9.17, 15) is 4.79 Å². The Kier molecular flexibility index (Phi) is 5.81. The first kappa shape index (κ1) is 23.6. The van der Waals surface area contributed by atoms with E-state index < -0.39 is 0 Å². The molecular formula is C31H30ClN3O3. The maximum Gasteiger partial charge on any atom is 0.410 e. The number of unbranched alkanes of at least 4 members (excludes halogenated alkanes) is 1. The lowest BCUT2D eigenvalue weighted by molar-refractivity contribution is 0.0664. The standard InChI is InChI=1S/C31H30ClN3O3/c1-2-3-12-37-31(36)35-23-8-4-20(14-23)29(35)30-33-26-11-6-18(15-27(26)34-30)19-5-9-25-24-10-7-22(32)13-21(24)17-38-28(25)16-19/h5-7,9-11,13,15-16,20,23,29H,2-4,8,12,14,17H2,1H3,(H,33,34). The van der Waals surface area contributed by atoms with Crippen LogP contribution in [0.25, 0.3) is 33.3 Å². The third-order valence-electron chi connectivity index (χ3n) is 8.36. The Bertz CT molecular complexity index is 1550. The number of benzene rings is 3. The highest BCUT2D eigenvalue weighted by Gasteiger charge is 2.50. The highest BCUT2D eigenvalue weighted by molar-refractivity contribution is 6.30. The van der Waals surface area contributed by atoms with Gasteiger partial charge in [0, 0.05) is 16.6 Å². The summed E-state index contributed by atoms with van der Waals surface area (Å²) in [7, 11) is 0. The number of nitrogens with one attached hydrogen (secondary N) is 1. The smallest absolute Gasteiger partial charge is 0.410 e. The molecule has 194 valence electrons. The van der Waals surface area contributed by atoms with Gasteiger partial charge in [-0.15, -0.1) is 0 Å². The van der Waals surface area contributed by atoms with Crippen molar-refractivity contribution < 1.29 is 14.3 Å². The minimum atomic E-state index is -0.199. The third kappa shape index (κ3) is 3.93. The van der Waals surface area contributed by atoms with Gasteiger partial charge in [0.25, 0.3) is 0 Å². The predicted molar refractivity (Wildman–Crippen MR) is 148 cm³/mol. The highest BCUT2D eigenvalue weighted by Crippen LogP contribution is 2.50. The molecule has 2 aliphatic heterocycles. The highest BCUT2D eigenvalue weighted by atomic mass is 35.5. The number of nitrogens with zero attached hydrogens (tertiary/aromatic N) is 2. The van der Waals surface area contributed by atoms with Crippen LogP contribution in [0.4, 0.5) is 4.79 Å². The molecule has 4 aromatic rings. The van der Waals surface area contributed by atoms with Gasteiger partial charge >= 0.3 is 6.09 Å². The van der Waals surface area contributed by atoms with Gasteiger partial charge in [-0.1, -0.05) is 49.2 Å². The summed E-state index contributed by atoms with van der Waals surface area (Å²) in [6.07, 6.45) is 4.90. The number of carbonyl (C=O) groups excluding carboxylic acids is 1. The fourth-order valence-corrected chi connectivity index (χ4v) is 6.67. The maximum absolute atomic E-state index is 13.0. The topological polar surface area (TPSA) is 67.4 Å². The quantitative estimate of drug-likeness (QED) is 0.268. The van der Waals surface area contributed by atoms with Gasteiger partial charge < -0.3 is 14.5 Å². The molecule has 7 heteroatoms. The number of aromatic nitrogens is 2. The van der Waals surface area contributed by atoms with Crippen LogP contribution in [0.5, 0.6) is 5.75 Å². The molecule has 0 radical (unpaired) electrons. The molecule has 7 rings (SSSR count). The van der Waals surface area contributed by atoms with Crippen molar-refractivity contribution in [3.05, 3.63) is 71.0 Å². The van der Waals surface area contributed by atoms with Gasteiger partial charge in [-0.25, -0.2) is 9.78 Å². The van der Waals surface area contributed by atoms with Gasteiger partial charge in [0.15, 0.2) is 0 Å². The number of aromatic amines is 1. The van der Waals surface area contributed by atoms with Crippen LogP contribution in [0.1, 0.15) is 56.5 Å². The molecule has 38 heavy (non-hydrogen) atoms. The number of piperidine rings is 1. The summed E-state index contributed by atoms with van der Waals surface area (Å²) in [5.41, 5.74) is 7.40. The summed E-state index contributed by atoms with van der Waals surface area (Å²) in [6, 6.07) is 18.8. The minimum Gasteiger partial charge on any atom is -0.488 e. The van der Waals surface area contributed by atoms with Crippen molar-refractivity contribution in [3.63, 3.8) is 0 Å². The summed E-state index contributed by atoms with van der Waals surface area (Å²) in [6.45, 7) is 3.09. The van der Waals surface area contributed by atoms with E-state index >= 15 is 0 Å². The molecule has 3 aromatic carbocycles. The van der Waals surface area contributed by atoms with Crippen molar-refractivity contribution in [1.29, 1.82) is 0 Å². The molecule has 1 amide bonds. The number of rotatable bonds is 5. The van der Waals surface area contributed by atoms with E-state index in [-0.39, 0.29) is 18.2 Å². The number of amides is 1. The molecule has 3 atom stereocenters. The van der Waals surface area contributed by atoms with Gasteiger partial charge in [0.05, 0.1) is 23.7 Å². The molecule has 2 bridgehead atoms. The van der Waals surface area contributed by atoms with Crippen molar-refractivity contribution in [1.82, 2.24) is 14.9 Å². The number of carbonyl (C=O) groups is 1. The van der Waals surface area contributed by atoms with Gasteiger partial charge in [0.2, 0.25) is 0 Å². The molecule has 0 spiro atoms. The molecule has 3 heterocycles. The zero-order chi connectivity index (χ0) is 25.8. The van der Waals surface area contributed by atoms with Crippen LogP contribution >= 0.6 is 11.6 Å². The number of hydrogen-bond acceptors (Lipinski definition) is 4. The average Bonchev–Trinajstić information content (AvgIpc) is 3.66. The lowest BCUT2D eigenvalue weighted by Crippen LogP contribution is -2.41. The van der Waals surface area contributed by atoms with E-state index in [1.165, 1.54) is 5.56 Å². The van der Waals surface area contributed by atoms with Crippen LogP contribution in [0.15, 0.2) is 54.6 Å². The van der Waals surface area contributed by atoms with Gasteiger partial charge in [0.1, 0.15) is 18.2 Å². The first-order valence-corrected chi connectivity index (χ1v) is 14.0. The summed E-state index contributed by atoms with van der Waals surface area (Å²) >= 11 is 6.18. The molecule has 1 saturated heterocycles. The fourth-order valence-electron chi connectivity index (χ4n) is 6.47. The van der Waals surface area contributed by atoms with E-state index in [2.05, 4.69) is 54.4 Å². The molecular weight excluding hydrogens is 498 g/mol. The number of imidazole rings is 1. The van der Waals surface area contributed by atoms with E-state index in [1.807, 2.05) is 17.0 Å². The number of likely N-dealkylation sites (tertiary alicyclic amines) is 1. The Hall–Kier alpha value is -3.51. The normalized spacial score (nSPS) is 21.3. The Balaban J connectivity index is 1.18. The van der Waals surface area contributed by atoms with Crippen LogP contribution in [-0.4, -0.2) is 33.6 Å². The zero-order valence-corrected chi connectivity index (χ0v) is 22.1. The van der Waals surface area contributed by atoms with Crippen molar-refractivity contribution in [2.24, 2.45) is 5.92 Å². The van der Waals surface area contributed by atoms with E-state index in [1.54, 1.807) is 0 Å². The second kappa shape index (κ2) is 9.35. The van der Waals surface area contributed by atoms with Crippen LogP contribution in [0, 0.1) is 5.92 Å². The minimum absolute atomic E-state index is 0.0514. The molecule has 1 aliphatic carbocycles. The maximum atomic E-state index is 13.0. The lowest BCUT2D eigenvalue weighted by Gasteiger charge is -2.33. The molecule has 6 nitrogen and oxygen atoms in total. The van der Waals surface area contributed by atoms with Gasteiger partial charge in [-0.05, 0) is 84.2 Å². The molecule has 1 saturated carbocycles. The Morgan fingerprint density at radius 1 is 1.11 bits per heavy atom. The largest absolute Gasteiger partial charge is 0.488 e. The predicted octanol–water partition coefficient (Wildman–Crippen LogP) is 7.90. The second-order valence-corrected chi connectivity index (χ2v) is 11.1. The number of H-pyrrole nitrogens is 1. The second-order valence-electron chi connectivity index (χ2n) is 10.7. The van der Waals surface area contributed by atoms with Crippen molar-refractivity contribution in [2.45, 2.75) is 57.7 Å². The number of ether oxygens (including phenoxy) is 2. The van der Waals surface area contributed by atoms with Crippen LogP contribution in [0.3, 0.4) is 0 Å². The SMILES string of the molecule is CCCCOC(=O)N1C2CCC(C2)C1c1nc2ccc(-c3ccc4c(c3)OCc3cc(Cl)ccc3-4)cc2[nH]1. The molecule has 1 N–H and O–H groups in total. The summed E-state index contributed by atoms with van der Waals surface area (Å²) < 4.78 is 11.7. The van der Waals surface area contributed by atoms with Crippen molar-refractivity contribution in [2.75, 3.05) is 6.61 Å². The van der Waals surface area contributed by atoms with E-state index in [4.69, 9.17) is 26.1 Å². The Morgan fingerprint density at radius 3 is 2.84 bits per heavy atom. The van der Waals surface area contributed by atoms with E-state index in [0.29, 0.717) is 19.1 Å². The van der Waals surface area contributed by atoms with Crippen LogP contribution in [-0.2, 0) is 11.3 Å². The molecule has 3 aliphatic rings. The number of hydrogen-bond donors (Lipinski definition) is 1. The lowest BCUT2D eigenvalue weighted by atomic mass is 9.94. The van der Waals surface area contributed by atoms with Crippen molar-refractivity contribution in [3.8, 4) is 28.0 Å². The summed E-state index contributed by atoms with van der Waals surface area (Å²) in [5.74, 6) is 2.16. The molecule has 3 unspecified atom stereocenters. The van der Waals surface area contributed by atoms with Gasteiger partial charge in [-0.3, -0.25) is 4.90 Å². The zero-order valence-electron chi connectivity index (χ0n) is 21.4. The monoisotopic (exact) mass is 527 g/mol. The average molecular weight is 528 g/mol. The van der Waals surface area contributed by atoms with E-state index in [0.717, 1.165) is 82.0 Å². The first-order valence-electron chi connectivity index (χ1n) is 13.6. The Morgan fingerprint density at radius 2 is 1.95 bits per heavy atom. The van der Waals surface area contributed by atoms with Gasteiger partial charge in [-0.2, -0.15) is 0 Å². The number of fused-ring (bicyclic) bond motifs is 6. The van der Waals surface area contributed by atoms with Crippen molar-refractivity contribution >= 4 is 28.7 Å². The first-order chi connectivity index (χ1) is 18.6. The third-order valence-corrected chi connectivity index (χ3v) is 8.59. The summed E-state index contributed by atoms with van der Waals surface area (Å²) in [5, 5.41) is 0.724. The summed E-state index contributed by atoms with van der Waals surface area (Å²) in [4.78, 5) is 23.5. The van der Waals surface area contributed by atoms with Crippen LogP contribution < -0.4 is 4.74 Å². The fraction of sp³-hybridized carbons (Fsp3) is 0.355. The molecule has 1 aromatic heterocycles. The molecule has 2 fully saturated rings. The van der Waals surface area contributed by atoms with Crippen LogP contribution in [0.2, 0.25) is 5.02 Å². The Labute approximate surface area is 226 Å². The number of halogens is 1.